The third-order valence-electron chi connectivity index (χ3n) is 5.57. The monoisotopic (exact) mass is 426 g/mol. The summed E-state index contributed by atoms with van der Waals surface area (Å²) in [6.07, 6.45) is 3.19. The summed E-state index contributed by atoms with van der Waals surface area (Å²) in [7, 11) is 0. The maximum Gasteiger partial charge on any atom is 0.149 e. The normalized spacial score (nSPS) is 16.9. The molecule has 0 aliphatic carbocycles. The molecule has 1 aromatic carbocycles. The molecular weight excluding hydrogens is 388 g/mol. The topological polar surface area (TPSA) is 86.4 Å². The second-order valence-electron chi connectivity index (χ2n) is 9.23. The Hall–Kier alpha value is -2.38. The van der Waals surface area contributed by atoms with Gasteiger partial charge in [-0.05, 0) is 37.2 Å². The van der Waals surface area contributed by atoms with Crippen molar-refractivity contribution in [3.63, 3.8) is 0 Å². The van der Waals surface area contributed by atoms with E-state index in [1.807, 2.05) is 13.0 Å². The van der Waals surface area contributed by atoms with E-state index in [2.05, 4.69) is 78.1 Å². The first-order chi connectivity index (χ1) is 14.9. The van der Waals surface area contributed by atoms with Crippen LogP contribution in [-0.4, -0.2) is 48.1 Å². The molecule has 2 aromatic rings. The predicted octanol–water partition coefficient (Wildman–Crippen LogP) is 3.93. The number of hydrogen-bond donors (Lipinski definition) is 4. The van der Waals surface area contributed by atoms with Crippen LogP contribution < -0.4 is 16.0 Å². The molecule has 7 nitrogen and oxygen atoms in total. The van der Waals surface area contributed by atoms with E-state index in [4.69, 9.17) is 9.73 Å². The second-order valence-corrected chi connectivity index (χ2v) is 9.23. The van der Waals surface area contributed by atoms with E-state index in [1.54, 1.807) is 0 Å². The van der Waals surface area contributed by atoms with Gasteiger partial charge >= 0.3 is 0 Å². The lowest BCUT2D eigenvalue weighted by Crippen LogP contribution is -2.51. The lowest BCUT2D eigenvalue weighted by atomic mass is 9.83. The number of benzene rings is 1. The average molecular weight is 427 g/mol. The highest BCUT2D eigenvalue weighted by atomic mass is 16.5. The molecule has 1 saturated heterocycles. The van der Waals surface area contributed by atoms with Crippen LogP contribution in [0.1, 0.15) is 63.8 Å². The van der Waals surface area contributed by atoms with Gasteiger partial charge in [0.2, 0.25) is 0 Å². The van der Waals surface area contributed by atoms with Gasteiger partial charge in [-0.15, -0.1) is 0 Å². The van der Waals surface area contributed by atoms with Gasteiger partial charge in [0, 0.05) is 36.6 Å². The van der Waals surface area contributed by atoms with Gasteiger partial charge < -0.3 is 15.4 Å². The molecule has 0 amide bonds. The summed E-state index contributed by atoms with van der Waals surface area (Å²) in [5.74, 6) is 1.70. The van der Waals surface area contributed by atoms with Crippen LogP contribution in [0.5, 0.6) is 0 Å². The molecule has 7 heteroatoms. The van der Waals surface area contributed by atoms with E-state index in [0.29, 0.717) is 12.7 Å². The Labute approximate surface area is 186 Å². The van der Waals surface area contributed by atoms with E-state index in [9.17, 15) is 0 Å². The fourth-order valence-corrected chi connectivity index (χ4v) is 3.84. The highest BCUT2D eigenvalue weighted by Gasteiger charge is 2.23. The first kappa shape index (κ1) is 23.3. The molecule has 0 saturated carbocycles. The number of aromatic nitrogens is 2. The zero-order chi connectivity index (χ0) is 22.3. The van der Waals surface area contributed by atoms with Gasteiger partial charge in [-0.1, -0.05) is 52.0 Å². The molecule has 0 bridgehead atoms. The van der Waals surface area contributed by atoms with E-state index in [1.165, 1.54) is 5.56 Å². The lowest BCUT2D eigenvalue weighted by molar-refractivity contribution is 0.0741. The first-order valence-electron chi connectivity index (χ1n) is 11.4. The Balaban J connectivity index is 1.82. The quantitative estimate of drug-likeness (QED) is 0.292. The number of nitrogens with one attached hydrogen (secondary N) is 4. The number of rotatable bonds is 8. The molecule has 1 fully saturated rings. The SMILES string of the molecule is CCC(NC(=NCNc1cc(C)[nH]n1)c1ccccc1C(C)(C)C)NC1CCOCC1. The third-order valence-corrected chi connectivity index (χ3v) is 5.57. The lowest BCUT2D eigenvalue weighted by Gasteiger charge is -2.31. The predicted molar refractivity (Wildman–Crippen MR) is 128 cm³/mol. The first-order valence-corrected chi connectivity index (χ1v) is 11.4. The van der Waals surface area contributed by atoms with Crippen LogP contribution in [0.15, 0.2) is 35.3 Å². The zero-order valence-electron chi connectivity index (χ0n) is 19.6. The number of aromatic amines is 1. The number of ether oxygens (including phenoxy) is 1. The second kappa shape index (κ2) is 10.8. The number of anilines is 1. The van der Waals surface area contributed by atoms with Gasteiger partial charge in [0.1, 0.15) is 18.3 Å². The van der Waals surface area contributed by atoms with Crippen LogP contribution in [0.4, 0.5) is 5.82 Å². The molecule has 4 N–H and O–H groups in total. The molecule has 1 aliphatic rings. The van der Waals surface area contributed by atoms with Crippen molar-refractivity contribution in [3.05, 3.63) is 47.2 Å². The molecule has 31 heavy (non-hydrogen) atoms. The van der Waals surface area contributed by atoms with E-state index < -0.39 is 0 Å². The zero-order valence-corrected chi connectivity index (χ0v) is 19.6. The average Bonchev–Trinajstić information content (AvgIpc) is 3.17. The fraction of sp³-hybridized carbons (Fsp3) is 0.583. The Bertz CT molecular complexity index is 848. The Morgan fingerprint density at radius 2 is 2.00 bits per heavy atom. The van der Waals surface area contributed by atoms with Gasteiger partial charge in [0.25, 0.3) is 0 Å². The van der Waals surface area contributed by atoms with Gasteiger partial charge in [-0.25, -0.2) is 4.99 Å². The number of nitrogens with zero attached hydrogens (tertiary/aromatic N) is 2. The minimum Gasteiger partial charge on any atom is -0.381 e. The maximum atomic E-state index is 5.51. The van der Waals surface area contributed by atoms with E-state index >= 15 is 0 Å². The van der Waals surface area contributed by atoms with Gasteiger partial charge in [0.15, 0.2) is 0 Å². The Morgan fingerprint density at radius 1 is 1.26 bits per heavy atom. The number of aliphatic imine (C=N–C) groups is 1. The van der Waals surface area contributed by atoms with Crippen LogP contribution in [0, 0.1) is 6.92 Å². The van der Waals surface area contributed by atoms with E-state index in [0.717, 1.165) is 55.4 Å². The van der Waals surface area contributed by atoms with Crippen LogP contribution in [0.25, 0.3) is 0 Å². The molecule has 0 spiro atoms. The third kappa shape index (κ3) is 6.80. The number of aryl methyl sites for hydroxylation is 1. The maximum absolute atomic E-state index is 5.51. The van der Waals surface area contributed by atoms with Crippen LogP contribution in [0.3, 0.4) is 0 Å². The van der Waals surface area contributed by atoms with Crippen molar-refractivity contribution in [2.24, 2.45) is 4.99 Å². The van der Waals surface area contributed by atoms with Crippen LogP contribution >= 0.6 is 0 Å². The Morgan fingerprint density at radius 3 is 2.65 bits per heavy atom. The highest BCUT2D eigenvalue weighted by molar-refractivity contribution is 6.00. The van der Waals surface area contributed by atoms with Crippen LogP contribution in [0.2, 0.25) is 0 Å². The summed E-state index contributed by atoms with van der Waals surface area (Å²) >= 11 is 0. The minimum absolute atomic E-state index is 0.0155. The van der Waals surface area contributed by atoms with Crippen molar-refractivity contribution in [1.82, 2.24) is 20.8 Å². The largest absolute Gasteiger partial charge is 0.381 e. The molecular formula is C24H38N6O. The van der Waals surface area contributed by atoms with Crippen molar-refractivity contribution < 1.29 is 4.74 Å². The number of hydrogen-bond acceptors (Lipinski definition) is 5. The van der Waals surface area contributed by atoms with Crippen molar-refractivity contribution in [2.75, 3.05) is 25.2 Å². The molecule has 2 heterocycles. The molecule has 3 rings (SSSR count). The molecule has 1 unspecified atom stereocenters. The van der Waals surface area contributed by atoms with Gasteiger partial charge in [-0.3, -0.25) is 10.4 Å². The molecule has 0 radical (unpaired) electrons. The highest BCUT2D eigenvalue weighted by Crippen LogP contribution is 2.26. The Kier molecular flexibility index (Phi) is 8.09. The van der Waals surface area contributed by atoms with Crippen molar-refractivity contribution >= 4 is 11.7 Å². The fourth-order valence-electron chi connectivity index (χ4n) is 3.84. The van der Waals surface area contributed by atoms with Crippen molar-refractivity contribution in [2.45, 2.75) is 71.5 Å². The molecule has 1 aliphatic heterocycles. The molecule has 1 aromatic heterocycles. The summed E-state index contributed by atoms with van der Waals surface area (Å²) in [4.78, 5) is 4.93. The summed E-state index contributed by atoms with van der Waals surface area (Å²) in [5.41, 5.74) is 3.45. The number of amidine groups is 1. The number of H-pyrrole nitrogens is 1. The summed E-state index contributed by atoms with van der Waals surface area (Å²) < 4.78 is 5.51. The summed E-state index contributed by atoms with van der Waals surface area (Å²) in [6.45, 7) is 13.0. The van der Waals surface area contributed by atoms with E-state index in [-0.39, 0.29) is 11.6 Å². The van der Waals surface area contributed by atoms with Gasteiger partial charge in [0.05, 0.1) is 6.17 Å². The smallest absolute Gasteiger partial charge is 0.149 e. The van der Waals surface area contributed by atoms with Gasteiger partial charge in [-0.2, -0.15) is 5.10 Å². The van der Waals surface area contributed by atoms with Crippen molar-refractivity contribution in [3.8, 4) is 0 Å². The standard InChI is InChI=1S/C24H38N6O/c1-6-21(27-18-11-13-31-14-12-18)28-23(26-16-25-22-15-17(2)29-30-22)19-9-7-8-10-20(19)24(3,4)5/h7-10,15,18,21,27H,6,11-14,16H2,1-5H3,(H,26,28)(H2,25,29,30). The summed E-state index contributed by atoms with van der Waals surface area (Å²) in [5, 5.41) is 18.0. The molecule has 1 atom stereocenters. The van der Waals surface area contributed by atoms with Crippen LogP contribution in [-0.2, 0) is 10.2 Å². The summed E-state index contributed by atoms with van der Waals surface area (Å²) in [6, 6.07) is 11.0. The van der Waals surface area contributed by atoms with Crippen molar-refractivity contribution in [1.29, 1.82) is 0 Å². The molecule has 170 valence electrons. The minimum atomic E-state index is 0.0155.